The predicted octanol–water partition coefficient (Wildman–Crippen LogP) is 1.17. The molecule has 0 spiro atoms. The number of aryl methyl sites for hydroxylation is 1. The lowest BCUT2D eigenvalue weighted by molar-refractivity contribution is -0.117. The Morgan fingerprint density at radius 3 is 2.59 bits per heavy atom. The van der Waals surface area contributed by atoms with E-state index in [1.54, 1.807) is 18.7 Å². The number of rotatable bonds is 4. The van der Waals surface area contributed by atoms with Crippen molar-refractivity contribution in [1.82, 2.24) is 10.6 Å². The molecule has 0 saturated carbocycles. The third kappa shape index (κ3) is 3.98. The number of anilines is 1. The lowest BCUT2D eigenvalue weighted by Gasteiger charge is -2.25. The van der Waals surface area contributed by atoms with E-state index in [1.807, 2.05) is 31.2 Å². The summed E-state index contributed by atoms with van der Waals surface area (Å²) < 4.78 is 0. The number of urea groups is 1. The monoisotopic (exact) mass is 305 g/mol. The molecule has 2 rings (SSSR count). The first kappa shape index (κ1) is 16.3. The topological polar surface area (TPSA) is 81.7 Å². The van der Waals surface area contributed by atoms with Gasteiger partial charge in [-0.15, -0.1) is 0 Å². The van der Waals surface area contributed by atoms with Crippen LogP contribution < -0.4 is 15.5 Å². The molecule has 1 aromatic carbocycles. The van der Waals surface area contributed by atoms with Crippen LogP contribution in [0.2, 0.25) is 0 Å². The average Bonchev–Trinajstić information content (AvgIpc) is 2.79. The van der Waals surface area contributed by atoms with Gasteiger partial charge in [0.25, 0.3) is 0 Å². The number of hydrogen-bond acceptors (Lipinski definition) is 3. The summed E-state index contributed by atoms with van der Waals surface area (Å²) in [6.45, 7) is 5.75. The molecule has 0 aromatic heterocycles. The number of benzene rings is 1. The highest BCUT2D eigenvalue weighted by molar-refractivity contribution is 5.96. The van der Waals surface area contributed by atoms with Gasteiger partial charge in [0.15, 0.2) is 0 Å². The van der Waals surface area contributed by atoms with Crippen molar-refractivity contribution in [2.45, 2.75) is 38.8 Å². The van der Waals surface area contributed by atoms with Gasteiger partial charge in [-0.25, -0.2) is 4.79 Å². The second kappa shape index (κ2) is 6.36. The third-order valence-electron chi connectivity index (χ3n) is 3.65. The maximum atomic E-state index is 12.1. The molecule has 1 atom stereocenters. The fourth-order valence-electron chi connectivity index (χ4n) is 2.35. The van der Waals surface area contributed by atoms with Crippen LogP contribution in [0.5, 0.6) is 0 Å². The summed E-state index contributed by atoms with van der Waals surface area (Å²) in [5, 5.41) is 14.6. The molecule has 0 aliphatic carbocycles. The lowest BCUT2D eigenvalue weighted by atomic mass is 10.1. The van der Waals surface area contributed by atoms with Gasteiger partial charge in [-0.2, -0.15) is 0 Å². The molecule has 6 heteroatoms. The van der Waals surface area contributed by atoms with Crippen molar-refractivity contribution >= 4 is 17.6 Å². The van der Waals surface area contributed by atoms with Crippen LogP contribution in [0.25, 0.3) is 0 Å². The van der Waals surface area contributed by atoms with Gasteiger partial charge in [0.1, 0.15) is 0 Å². The predicted molar refractivity (Wildman–Crippen MR) is 84.8 cm³/mol. The van der Waals surface area contributed by atoms with Crippen molar-refractivity contribution < 1.29 is 14.7 Å². The first-order valence-electron chi connectivity index (χ1n) is 7.37. The Morgan fingerprint density at radius 1 is 1.36 bits per heavy atom. The zero-order valence-corrected chi connectivity index (χ0v) is 13.2. The minimum Gasteiger partial charge on any atom is -0.394 e. The molecule has 1 aliphatic rings. The number of aliphatic hydroxyl groups is 1. The second-order valence-corrected chi connectivity index (χ2v) is 6.38. The smallest absolute Gasteiger partial charge is 0.315 e. The molecule has 1 saturated heterocycles. The van der Waals surface area contributed by atoms with Crippen LogP contribution in [0.1, 0.15) is 25.8 Å². The van der Waals surface area contributed by atoms with Crippen molar-refractivity contribution in [1.29, 1.82) is 0 Å². The van der Waals surface area contributed by atoms with E-state index in [4.69, 9.17) is 5.11 Å². The molecule has 6 nitrogen and oxygen atoms in total. The summed E-state index contributed by atoms with van der Waals surface area (Å²) in [7, 11) is 0. The second-order valence-electron chi connectivity index (χ2n) is 6.38. The van der Waals surface area contributed by atoms with Crippen molar-refractivity contribution in [2.24, 2.45) is 0 Å². The van der Waals surface area contributed by atoms with Crippen LogP contribution in [-0.4, -0.2) is 41.8 Å². The first-order chi connectivity index (χ1) is 10.3. The fraction of sp³-hybridized carbons (Fsp3) is 0.500. The highest BCUT2D eigenvalue weighted by atomic mass is 16.3. The van der Waals surface area contributed by atoms with Gasteiger partial charge in [0.05, 0.1) is 18.2 Å². The maximum Gasteiger partial charge on any atom is 0.315 e. The molecule has 3 N–H and O–H groups in total. The number of amides is 3. The molecule has 120 valence electrons. The Hall–Kier alpha value is -2.08. The summed E-state index contributed by atoms with van der Waals surface area (Å²) in [6.07, 6.45) is 0.279. The Labute approximate surface area is 130 Å². The summed E-state index contributed by atoms with van der Waals surface area (Å²) in [5.74, 6) is -0.00410. The van der Waals surface area contributed by atoms with Gasteiger partial charge in [0, 0.05) is 18.7 Å². The Kier molecular flexibility index (Phi) is 4.71. The van der Waals surface area contributed by atoms with Gasteiger partial charge in [0.2, 0.25) is 5.91 Å². The minimum atomic E-state index is -0.691. The summed E-state index contributed by atoms with van der Waals surface area (Å²) >= 11 is 0. The van der Waals surface area contributed by atoms with Crippen molar-refractivity contribution in [3.05, 3.63) is 29.8 Å². The Balaban J connectivity index is 1.95. The van der Waals surface area contributed by atoms with E-state index in [0.29, 0.717) is 6.54 Å². The molecule has 1 aliphatic heterocycles. The minimum absolute atomic E-state index is 0.00410. The molecular formula is C16H23N3O3. The van der Waals surface area contributed by atoms with E-state index >= 15 is 0 Å². The molecule has 3 amide bonds. The van der Waals surface area contributed by atoms with Crippen LogP contribution >= 0.6 is 0 Å². The van der Waals surface area contributed by atoms with Crippen LogP contribution in [0, 0.1) is 6.92 Å². The van der Waals surface area contributed by atoms with Crippen LogP contribution in [0.4, 0.5) is 10.5 Å². The Bertz CT molecular complexity index is 554. The number of hydrogen-bond donors (Lipinski definition) is 3. The summed E-state index contributed by atoms with van der Waals surface area (Å²) in [4.78, 5) is 25.7. The fourth-order valence-corrected chi connectivity index (χ4v) is 2.35. The lowest BCUT2D eigenvalue weighted by Crippen LogP contribution is -2.53. The zero-order chi connectivity index (χ0) is 16.3. The van der Waals surface area contributed by atoms with Gasteiger partial charge < -0.3 is 20.6 Å². The van der Waals surface area contributed by atoms with Crippen molar-refractivity contribution in [3.8, 4) is 0 Å². The van der Waals surface area contributed by atoms with Crippen molar-refractivity contribution in [2.75, 3.05) is 18.1 Å². The largest absolute Gasteiger partial charge is 0.394 e. The van der Waals surface area contributed by atoms with E-state index in [9.17, 15) is 9.59 Å². The number of carbonyl (C=O) groups is 2. The van der Waals surface area contributed by atoms with Gasteiger partial charge in [-0.3, -0.25) is 4.79 Å². The van der Waals surface area contributed by atoms with Gasteiger partial charge in [-0.05, 0) is 32.9 Å². The Morgan fingerprint density at radius 2 is 2.00 bits per heavy atom. The molecular weight excluding hydrogens is 282 g/mol. The van der Waals surface area contributed by atoms with E-state index in [2.05, 4.69) is 10.6 Å². The molecule has 22 heavy (non-hydrogen) atoms. The van der Waals surface area contributed by atoms with E-state index < -0.39 is 5.54 Å². The average molecular weight is 305 g/mol. The van der Waals surface area contributed by atoms with Crippen molar-refractivity contribution in [3.63, 3.8) is 0 Å². The van der Waals surface area contributed by atoms with E-state index in [-0.39, 0.29) is 31.0 Å². The highest BCUT2D eigenvalue weighted by Crippen LogP contribution is 2.21. The number of aliphatic hydroxyl groups excluding tert-OH is 1. The van der Waals surface area contributed by atoms with Gasteiger partial charge in [-0.1, -0.05) is 17.7 Å². The standard InChI is InChI=1S/C16H23N3O3/c1-11-4-6-13(7-5-11)19-9-12(8-14(19)21)17-15(22)18-16(2,3)10-20/h4-7,12,20H,8-10H2,1-3H3,(H2,17,18,22). The first-order valence-corrected chi connectivity index (χ1v) is 7.37. The molecule has 1 unspecified atom stereocenters. The zero-order valence-electron chi connectivity index (χ0n) is 13.2. The number of nitrogens with zero attached hydrogens (tertiary/aromatic N) is 1. The maximum absolute atomic E-state index is 12.1. The van der Waals surface area contributed by atoms with E-state index in [1.165, 1.54) is 0 Å². The third-order valence-corrected chi connectivity index (χ3v) is 3.65. The molecule has 1 aromatic rings. The molecule has 1 fully saturated rings. The number of carbonyl (C=O) groups excluding carboxylic acids is 2. The van der Waals surface area contributed by atoms with Gasteiger partial charge >= 0.3 is 6.03 Å². The quantitative estimate of drug-likeness (QED) is 0.781. The summed E-state index contributed by atoms with van der Waals surface area (Å²) in [5.41, 5.74) is 1.29. The van der Waals surface area contributed by atoms with Crippen LogP contribution in [0.15, 0.2) is 24.3 Å². The van der Waals surface area contributed by atoms with E-state index in [0.717, 1.165) is 11.3 Å². The molecule has 0 radical (unpaired) electrons. The molecule has 1 heterocycles. The summed E-state index contributed by atoms with van der Waals surface area (Å²) in [6, 6.07) is 7.13. The van der Waals surface area contributed by atoms with Crippen LogP contribution in [-0.2, 0) is 4.79 Å². The SMILES string of the molecule is Cc1ccc(N2CC(NC(=O)NC(C)(C)CO)CC2=O)cc1. The number of nitrogens with one attached hydrogen (secondary N) is 2. The molecule has 0 bridgehead atoms. The van der Waals surface area contributed by atoms with Crippen LogP contribution in [0.3, 0.4) is 0 Å². The normalized spacial score (nSPS) is 18.5. The highest BCUT2D eigenvalue weighted by Gasteiger charge is 2.32.